The summed E-state index contributed by atoms with van der Waals surface area (Å²) < 4.78 is 77.8. The second kappa shape index (κ2) is 21.4. The summed E-state index contributed by atoms with van der Waals surface area (Å²) >= 11 is 0. The van der Waals surface area contributed by atoms with E-state index in [0.29, 0.717) is 0 Å². The summed E-state index contributed by atoms with van der Waals surface area (Å²) in [5.41, 5.74) is 4.82. The maximum atomic E-state index is 13.7. The molecule has 380 valence electrons. The van der Waals surface area contributed by atoms with Gasteiger partial charge in [-0.3, -0.25) is 0 Å². The van der Waals surface area contributed by atoms with E-state index in [1.807, 2.05) is 66.7 Å². The third kappa shape index (κ3) is 10.2. The maximum Gasteiger partial charge on any atom is 0.343 e. The smallest absolute Gasteiger partial charge is 0.343 e. The van der Waals surface area contributed by atoms with Crippen molar-refractivity contribution in [2.45, 2.75) is 20.1 Å². The molecule has 0 spiro atoms. The van der Waals surface area contributed by atoms with E-state index in [1.165, 1.54) is 97.1 Å². The Labute approximate surface area is 447 Å². The van der Waals surface area contributed by atoms with Crippen LogP contribution in [-0.2, 0) is 16.3 Å². The van der Waals surface area contributed by atoms with E-state index in [0.717, 1.165) is 48.1 Å². The molecule has 0 radical (unpaired) electrons. The molecule has 0 bridgehead atoms. The molecule has 13 heteroatoms. The Balaban J connectivity index is 1.02. The summed E-state index contributed by atoms with van der Waals surface area (Å²) in [4.78, 5) is 55.2. The molecule has 0 saturated heterocycles. The van der Waals surface area contributed by atoms with Crippen LogP contribution in [0.4, 0.5) is 17.6 Å². The fraction of sp³-hybridized carbons (Fsp3) is 0.0154. The molecule has 0 fully saturated rings. The first-order valence-electron chi connectivity index (χ1n) is 24.2. The van der Waals surface area contributed by atoms with Gasteiger partial charge in [-0.25, -0.2) is 36.7 Å². The van der Waals surface area contributed by atoms with Gasteiger partial charge in [0.1, 0.15) is 46.3 Å². The second-order valence-corrected chi connectivity index (χ2v) is 19.9. The molecule has 11 rings (SSSR count). The maximum absolute atomic E-state index is 13.7. The van der Waals surface area contributed by atoms with Crippen LogP contribution in [0.5, 0.6) is 23.0 Å². The molecular weight excluding hydrogens is 1020 g/mol. The largest absolute Gasteiger partial charge is 0.423 e. The average molecular weight is 1060 g/mol. The van der Waals surface area contributed by atoms with Gasteiger partial charge in [-0.1, -0.05) is 48.5 Å². The monoisotopic (exact) mass is 1060 g/mol. The molecular formula is C65H39F4O8S+. The molecule has 0 heterocycles. The van der Waals surface area contributed by atoms with Crippen LogP contribution in [0.2, 0.25) is 0 Å². The van der Waals surface area contributed by atoms with Gasteiger partial charge >= 0.3 is 23.9 Å². The Morgan fingerprint density at radius 2 is 0.603 bits per heavy atom. The Bertz CT molecular complexity index is 3670. The third-order valence-corrected chi connectivity index (χ3v) is 15.3. The van der Waals surface area contributed by atoms with Gasteiger partial charge in [0.05, 0.1) is 38.6 Å². The van der Waals surface area contributed by atoms with Crippen LogP contribution < -0.4 is 18.9 Å². The minimum absolute atomic E-state index is 0.167. The standard InChI is InChI=1S/C65H39F4O8S/c66-46-17-5-40(6-18-46)61(70)74-50-25-13-44(14-26-50)65(45-15-27-51(28-16-45)75-62(71)41-7-19-47(67)20-8-41)59-4-2-1-3-57(59)58-38-37-56(39-60(58)65)78(54-33-29-52(30-34-54)76-63(72)42-9-21-48(68)22-10-42)55-35-31-53(32-36-55)77-64(73)43-11-23-49(69)24-12-43/h1-39H/q+1. The lowest BCUT2D eigenvalue weighted by Crippen LogP contribution is -2.29. The first-order chi connectivity index (χ1) is 37.9. The zero-order chi connectivity index (χ0) is 53.9. The van der Waals surface area contributed by atoms with Crippen molar-refractivity contribution in [1.82, 2.24) is 0 Å². The van der Waals surface area contributed by atoms with Crippen LogP contribution in [-0.4, -0.2) is 23.9 Å². The molecule has 0 aliphatic heterocycles. The average Bonchev–Trinajstić information content (AvgIpc) is 3.98. The Morgan fingerprint density at radius 3 is 0.949 bits per heavy atom. The number of benzene rings is 10. The molecule has 0 aromatic heterocycles. The molecule has 0 saturated carbocycles. The lowest BCUT2D eigenvalue weighted by atomic mass is 9.67. The predicted molar refractivity (Wildman–Crippen MR) is 284 cm³/mol. The molecule has 0 unspecified atom stereocenters. The Hall–Kier alpha value is -9.85. The predicted octanol–water partition coefficient (Wildman–Crippen LogP) is 14.6. The SMILES string of the molecule is O=C(Oc1ccc([S+](c2ccc(OC(=O)c3ccc(F)cc3)cc2)c2ccc3c(c2)C(c2ccc(OC(=O)c4ccc(F)cc4)cc2)(c2ccc(OC(=O)c4ccc(F)cc4)cc2)c2ccccc2-3)cc1)c1ccc(F)cc1. The van der Waals surface area contributed by atoms with Gasteiger partial charge in [0.15, 0.2) is 14.7 Å². The molecule has 0 amide bonds. The molecule has 10 aromatic carbocycles. The third-order valence-electron chi connectivity index (χ3n) is 13.1. The number of fused-ring (bicyclic) bond motifs is 3. The summed E-state index contributed by atoms with van der Waals surface area (Å²) in [5, 5.41) is 0. The summed E-state index contributed by atoms with van der Waals surface area (Å²) in [7, 11) is -0.924. The minimum atomic E-state index is -1.08. The highest BCUT2D eigenvalue weighted by Crippen LogP contribution is 2.57. The van der Waals surface area contributed by atoms with Gasteiger partial charge in [-0.2, -0.15) is 0 Å². The molecule has 8 nitrogen and oxygen atoms in total. The van der Waals surface area contributed by atoms with E-state index >= 15 is 0 Å². The van der Waals surface area contributed by atoms with Gasteiger partial charge in [0.2, 0.25) is 0 Å². The van der Waals surface area contributed by atoms with E-state index < -0.39 is 63.5 Å². The van der Waals surface area contributed by atoms with Crippen molar-refractivity contribution in [2.24, 2.45) is 0 Å². The number of hydrogen-bond acceptors (Lipinski definition) is 8. The van der Waals surface area contributed by atoms with Crippen molar-refractivity contribution in [3.63, 3.8) is 0 Å². The van der Waals surface area contributed by atoms with Crippen molar-refractivity contribution in [3.8, 4) is 34.1 Å². The van der Waals surface area contributed by atoms with Crippen LogP contribution in [0.25, 0.3) is 11.1 Å². The van der Waals surface area contributed by atoms with Crippen LogP contribution in [0.3, 0.4) is 0 Å². The fourth-order valence-corrected chi connectivity index (χ4v) is 11.5. The molecule has 78 heavy (non-hydrogen) atoms. The summed E-state index contributed by atoms with van der Waals surface area (Å²) in [5.74, 6) is -3.66. The molecule has 1 aliphatic carbocycles. The van der Waals surface area contributed by atoms with E-state index in [9.17, 15) is 36.7 Å². The number of hydrogen-bond donors (Lipinski definition) is 0. The van der Waals surface area contributed by atoms with Crippen LogP contribution in [0, 0.1) is 23.3 Å². The number of rotatable bonds is 13. The summed E-state index contributed by atoms with van der Waals surface area (Å²) in [6, 6.07) is 62.9. The zero-order valence-electron chi connectivity index (χ0n) is 40.7. The normalized spacial score (nSPS) is 12.0. The molecule has 0 N–H and O–H groups in total. The molecule has 1 aliphatic rings. The second-order valence-electron chi connectivity index (χ2n) is 17.9. The zero-order valence-corrected chi connectivity index (χ0v) is 41.5. The van der Waals surface area contributed by atoms with Crippen molar-refractivity contribution >= 4 is 34.8 Å². The lowest BCUT2D eigenvalue weighted by molar-refractivity contribution is 0.0725. The van der Waals surface area contributed by atoms with Gasteiger partial charge < -0.3 is 18.9 Å². The molecule has 10 aromatic rings. The number of halogens is 4. The van der Waals surface area contributed by atoms with E-state index in [1.54, 1.807) is 48.5 Å². The van der Waals surface area contributed by atoms with Gasteiger partial charge in [-0.05, 0) is 221 Å². The summed E-state index contributed by atoms with van der Waals surface area (Å²) in [6.45, 7) is 0. The highest BCUT2D eigenvalue weighted by Gasteiger charge is 2.47. The van der Waals surface area contributed by atoms with Gasteiger partial charge in [-0.15, -0.1) is 0 Å². The first-order valence-corrected chi connectivity index (χ1v) is 25.4. The number of esters is 4. The highest BCUT2D eigenvalue weighted by molar-refractivity contribution is 7.97. The number of carbonyl (C=O) groups excluding carboxylic acids is 4. The van der Waals surface area contributed by atoms with E-state index in [2.05, 4.69) is 24.3 Å². The fourth-order valence-electron chi connectivity index (χ4n) is 9.42. The number of carbonyl (C=O) groups is 4. The van der Waals surface area contributed by atoms with Crippen molar-refractivity contribution in [2.75, 3.05) is 0 Å². The van der Waals surface area contributed by atoms with Crippen LogP contribution in [0.15, 0.2) is 251 Å². The first kappa shape index (κ1) is 50.3. The topological polar surface area (TPSA) is 105 Å². The summed E-state index contributed by atoms with van der Waals surface area (Å²) in [6.07, 6.45) is 0. The van der Waals surface area contributed by atoms with Crippen molar-refractivity contribution < 1.29 is 55.7 Å². The molecule has 0 atom stereocenters. The minimum Gasteiger partial charge on any atom is -0.423 e. The van der Waals surface area contributed by atoms with Crippen LogP contribution in [0.1, 0.15) is 63.7 Å². The van der Waals surface area contributed by atoms with Gasteiger partial charge in [0.25, 0.3) is 0 Å². The van der Waals surface area contributed by atoms with Gasteiger partial charge in [0, 0.05) is 0 Å². The highest BCUT2D eigenvalue weighted by atomic mass is 32.2. The van der Waals surface area contributed by atoms with E-state index in [4.69, 9.17) is 18.9 Å². The van der Waals surface area contributed by atoms with E-state index in [-0.39, 0.29) is 45.3 Å². The Morgan fingerprint density at radius 1 is 0.308 bits per heavy atom. The van der Waals surface area contributed by atoms with Crippen molar-refractivity contribution in [1.29, 1.82) is 0 Å². The van der Waals surface area contributed by atoms with Crippen molar-refractivity contribution in [3.05, 3.63) is 304 Å². The van der Waals surface area contributed by atoms with Crippen LogP contribution >= 0.6 is 0 Å². The lowest BCUT2D eigenvalue weighted by Gasteiger charge is -2.34. The number of ether oxygens (including phenoxy) is 4. The Kier molecular flexibility index (Phi) is 13.8. The quantitative estimate of drug-likeness (QED) is 0.0487.